The van der Waals surface area contributed by atoms with E-state index in [1.165, 1.54) is 0 Å². The minimum Gasteiger partial charge on any atom is -0.496 e. The average molecular weight is 360 g/mol. The molecule has 0 saturated heterocycles. The van der Waals surface area contributed by atoms with Crippen molar-refractivity contribution in [2.45, 2.75) is 50.0 Å². The molecule has 134 valence electrons. The summed E-state index contributed by atoms with van der Waals surface area (Å²) in [6.07, 6.45) is 3.66. The molecule has 5 heteroatoms. The molecular weight excluding hydrogens is 336 g/mol. The van der Waals surface area contributed by atoms with Gasteiger partial charge in [-0.15, -0.1) is 0 Å². The molecule has 1 atom stereocenters. The van der Waals surface area contributed by atoms with Crippen molar-refractivity contribution in [1.82, 2.24) is 0 Å². The second kappa shape index (κ2) is 7.58. The number of ether oxygens (including phenoxy) is 1. The fourth-order valence-electron chi connectivity index (χ4n) is 3.36. The fourth-order valence-corrected chi connectivity index (χ4v) is 4.46. The van der Waals surface area contributed by atoms with E-state index in [1.807, 2.05) is 30.3 Å². The molecule has 0 bridgehead atoms. The topological polar surface area (TPSA) is 52.6 Å². The Morgan fingerprint density at radius 1 is 1.12 bits per heavy atom. The second-order valence-corrected chi connectivity index (χ2v) is 7.98. The van der Waals surface area contributed by atoms with Crippen LogP contribution in [0.15, 0.2) is 47.4 Å². The molecule has 1 aliphatic rings. The van der Waals surface area contributed by atoms with Crippen LogP contribution in [0.1, 0.15) is 36.5 Å². The average Bonchev–Trinajstić information content (AvgIpc) is 2.61. The lowest BCUT2D eigenvalue weighted by molar-refractivity contribution is 0.191. The van der Waals surface area contributed by atoms with E-state index in [-0.39, 0.29) is 11.0 Å². The predicted octanol–water partition coefficient (Wildman–Crippen LogP) is 3.91. The highest BCUT2D eigenvalue weighted by Crippen LogP contribution is 2.31. The van der Waals surface area contributed by atoms with Gasteiger partial charge in [0.1, 0.15) is 5.75 Å². The monoisotopic (exact) mass is 360 g/mol. The molecule has 1 unspecified atom stereocenters. The normalized spacial score (nSPS) is 17.1. The molecule has 2 aromatic carbocycles. The van der Waals surface area contributed by atoms with E-state index in [4.69, 9.17) is 8.92 Å². The van der Waals surface area contributed by atoms with E-state index in [9.17, 15) is 8.42 Å². The highest BCUT2D eigenvalue weighted by Gasteiger charge is 2.27. The van der Waals surface area contributed by atoms with Crippen molar-refractivity contribution in [2.75, 3.05) is 7.11 Å². The lowest BCUT2D eigenvalue weighted by atomic mass is 9.89. The van der Waals surface area contributed by atoms with Gasteiger partial charge < -0.3 is 4.74 Å². The third-order valence-corrected chi connectivity index (χ3v) is 6.00. The summed E-state index contributed by atoms with van der Waals surface area (Å²) in [6.45, 7) is 2.10. The summed E-state index contributed by atoms with van der Waals surface area (Å²) in [4.78, 5) is 0.226. The Morgan fingerprint density at radius 2 is 1.88 bits per heavy atom. The first-order chi connectivity index (χ1) is 12.0. The highest BCUT2D eigenvalue weighted by molar-refractivity contribution is 7.86. The van der Waals surface area contributed by atoms with Crippen LogP contribution in [0.5, 0.6) is 5.75 Å². The zero-order valence-electron chi connectivity index (χ0n) is 14.7. The van der Waals surface area contributed by atoms with E-state index in [1.54, 1.807) is 19.2 Å². The smallest absolute Gasteiger partial charge is 0.297 e. The summed E-state index contributed by atoms with van der Waals surface area (Å²) in [5.74, 6) is 0.866. The molecule has 0 fully saturated rings. The van der Waals surface area contributed by atoms with Crippen LogP contribution in [-0.4, -0.2) is 21.6 Å². The Hall–Kier alpha value is -1.85. The molecule has 2 aromatic rings. The summed E-state index contributed by atoms with van der Waals surface area (Å²) in [5, 5.41) is 0. The van der Waals surface area contributed by atoms with Crippen molar-refractivity contribution >= 4 is 10.1 Å². The highest BCUT2D eigenvalue weighted by atomic mass is 32.2. The van der Waals surface area contributed by atoms with Crippen LogP contribution >= 0.6 is 0 Å². The largest absolute Gasteiger partial charge is 0.496 e. The summed E-state index contributed by atoms with van der Waals surface area (Å²) in [6, 6.07) is 12.9. The number of hydrogen-bond donors (Lipinski definition) is 0. The van der Waals surface area contributed by atoms with Crippen molar-refractivity contribution in [3.05, 3.63) is 59.2 Å². The summed E-state index contributed by atoms with van der Waals surface area (Å²) < 4.78 is 36.0. The molecule has 0 N–H and O–H groups in total. The van der Waals surface area contributed by atoms with Crippen LogP contribution in [0.2, 0.25) is 0 Å². The van der Waals surface area contributed by atoms with Gasteiger partial charge in [-0.3, -0.25) is 4.18 Å². The van der Waals surface area contributed by atoms with Crippen LogP contribution < -0.4 is 4.74 Å². The van der Waals surface area contributed by atoms with Gasteiger partial charge in [-0.05, 0) is 54.2 Å². The Balaban J connectivity index is 1.73. The zero-order chi connectivity index (χ0) is 17.9. The van der Waals surface area contributed by atoms with Gasteiger partial charge in [0, 0.05) is 6.42 Å². The van der Waals surface area contributed by atoms with Crippen molar-refractivity contribution in [3.8, 4) is 5.75 Å². The van der Waals surface area contributed by atoms with Gasteiger partial charge in [0.15, 0.2) is 0 Å². The van der Waals surface area contributed by atoms with Gasteiger partial charge in [-0.2, -0.15) is 8.42 Å². The van der Waals surface area contributed by atoms with Crippen LogP contribution in [0.3, 0.4) is 0 Å². The molecule has 0 aromatic heterocycles. The number of fused-ring (bicyclic) bond motifs is 1. The molecule has 0 aliphatic heterocycles. The molecule has 25 heavy (non-hydrogen) atoms. The summed E-state index contributed by atoms with van der Waals surface area (Å²) >= 11 is 0. The Kier molecular flexibility index (Phi) is 5.45. The lowest BCUT2D eigenvalue weighted by Gasteiger charge is -2.25. The number of rotatable bonds is 6. The van der Waals surface area contributed by atoms with E-state index in [0.29, 0.717) is 12.8 Å². The first-order valence-electron chi connectivity index (χ1n) is 8.70. The van der Waals surface area contributed by atoms with Crippen molar-refractivity contribution in [2.24, 2.45) is 0 Å². The Labute approximate surface area is 149 Å². The van der Waals surface area contributed by atoms with Crippen molar-refractivity contribution < 1.29 is 17.3 Å². The van der Waals surface area contributed by atoms with Gasteiger partial charge in [0.2, 0.25) is 0 Å². The minimum absolute atomic E-state index is 0.226. The van der Waals surface area contributed by atoms with E-state index in [2.05, 4.69) is 6.92 Å². The maximum absolute atomic E-state index is 12.6. The SMILES string of the molecule is CCCc1ccc(S(=O)(=O)OC2CCc3c(cccc3OC)C2)cc1. The summed E-state index contributed by atoms with van der Waals surface area (Å²) in [5.41, 5.74) is 3.40. The quantitative estimate of drug-likeness (QED) is 0.733. The third kappa shape index (κ3) is 4.05. The molecular formula is C20H24O4S. The Morgan fingerprint density at radius 3 is 2.56 bits per heavy atom. The van der Waals surface area contributed by atoms with E-state index >= 15 is 0 Å². The first kappa shape index (κ1) is 18.0. The van der Waals surface area contributed by atoms with Crippen molar-refractivity contribution in [1.29, 1.82) is 0 Å². The standard InChI is InChI=1S/C20H24O4S/c1-3-5-15-8-11-18(12-9-15)25(21,22)24-17-10-13-19-16(14-17)6-4-7-20(19)23-2/h4,6-9,11-12,17H,3,5,10,13-14H2,1-2H3. The second-order valence-electron chi connectivity index (χ2n) is 6.41. The maximum atomic E-state index is 12.6. The van der Waals surface area contributed by atoms with Gasteiger partial charge in [0.25, 0.3) is 10.1 Å². The molecule has 4 nitrogen and oxygen atoms in total. The number of aryl methyl sites for hydroxylation is 1. The maximum Gasteiger partial charge on any atom is 0.297 e. The fraction of sp³-hybridized carbons (Fsp3) is 0.400. The van der Waals surface area contributed by atoms with Crippen LogP contribution in [0.4, 0.5) is 0 Å². The molecule has 0 saturated carbocycles. The van der Waals surface area contributed by atoms with Crippen LogP contribution in [0, 0.1) is 0 Å². The number of hydrogen-bond acceptors (Lipinski definition) is 4. The van der Waals surface area contributed by atoms with Gasteiger partial charge in [-0.25, -0.2) is 0 Å². The number of benzene rings is 2. The lowest BCUT2D eigenvalue weighted by Crippen LogP contribution is -2.26. The molecule has 3 rings (SSSR count). The molecule has 0 heterocycles. The minimum atomic E-state index is -3.74. The summed E-state index contributed by atoms with van der Waals surface area (Å²) in [7, 11) is -2.08. The van der Waals surface area contributed by atoms with E-state index in [0.717, 1.165) is 41.7 Å². The molecule has 0 radical (unpaired) electrons. The zero-order valence-corrected chi connectivity index (χ0v) is 15.5. The molecule has 0 amide bonds. The predicted molar refractivity (Wildman–Crippen MR) is 97.5 cm³/mol. The first-order valence-corrected chi connectivity index (χ1v) is 10.1. The van der Waals surface area contributed by atoms with Crippen molar-refractivity contribution in [3.63, 3.8) is 0 Å². The Bertz CT molecular complexity index is 825. The number of methoxy groups -OCH3 is 1. The van der Waals surface area contributed by atoms with Gasteiger partial charge >= 0.3 is 0 Å². The van der Waals surface area contributed by atoms with Crippen LogP contribution in [-0.2, 0) is 33.6 Å². The van der Waals surface area contributed by atoms with Gasteiger partial charge in [-0.1, -0.05) is 37.6 Å². The third-order valence-electron chi connectivity index (χ3n) is 4.63. The van der Waals surface area contributed by atoms with Crippen LogP contribution in [0.25, 0.3) is 0 Å². The molecule has 1 aliphatic carbocycles. The van der Waals surface area contributed by atoms with E-state index < -0.39 is 10.1 Å². The molecule has 0 spiro atoms. The van der Waals surface area contributed by atoms with Gasteiger partial charge in [0.05, 0.1) is 18.1 Å².